The van der Waals surface area contributed by atoms with Gasteiger partial charge in [0.25, 0.3) is 0 Å². The summed E-state index contributed by atoms with van der Waals surface area (Å²) in [5, 5.41) is 12.4. The molecular weight excluding hydrogens is 228 g/mol. The van der Waals surface area contributed by atoms with Crippen LogP contribution in [0.15, 0.2) is 0 Å². The Labute approximate surface area is 110 Å². The van der Waals surface area contributed by atoms with Crippen LogP contribution in [0.3, 0.4) is 0 Å². The summed E-state index contributed by atoms with van der Waals surface area (Å²) in [6, 6.07) is 0.829. The number of amides is 1. The van der Waals surface area contributed by atoms with Gasteiger partial charge in [-0.15, -0.1) is 0 Å². The maximum atomic E-state index is 12.4. The van der Waals surface area contributed by atoms with E-state index in [1.54, 1.807) is 0 Å². The highest BCUT2D eigenvalue weighted by molar-refractivity contribution is 5.77. The van der Waals surface area contributed by atoms with Gasteiger partial charge in [0.2, 0.25) is 5.91 Å². The molecule has 18 heavy (non-hydrogen) atoms. The Morgan fingerprint density at radius 2 is 2.06 bits per heavy atom. The second kappa shape index (κ2) is 7.10. The fourth-order valence-corrected chi connectivity index (χ4v) is 2.88. The summed E-state index contributed by atoms with van der Waals surface area (Å²) in [6.45, 7) is 1.96. The number of carbonyl (C=O) groups is 1. The zero-order chi connectivity index (χ0) is 12.8. The van der Waals surface area contributed by atoms with Crippen LogP contribution in [-0.2, 0) is 4.79 Å². The minimum Gasteiger partial charge on any atom is -0.396 e. The topological polar surface area (TPSA) is 52.6 Å². The van der Waals surface area contributed by atoms with Crippen LogP contribution >= 0.6 is 0 Å². The number of piperidine rings is 1. The standard InChI is InChI=1S/C14H26N2O2/c17-10-4-9-16(13-6-3-7-13)14(18)11-12-5-1-2-8-15-12/h12-13,15,17H,1-11H2. The Morgan fingerprint density at radius 1 is 1.22 bits per heavy atom. The summed E-state index contributed by atoms with van der Waals surface area (Å²) in [4.78, 5) is 14.4. The lowest BCUT2D eigenvalue weighted by Gasteiger charge is -2.38. The normalized spacial score (nSPS) is 24.6. The molecule has 104 valence electrons. The molecule has 0 spiro atoms. The molecule has 1 atom stereocenters. The maximum absolute atomic E-state index is 12.4. The van der Waals surface area contributed by atoms with Crippen molar-refractivity contribution in [2.75, 3.05) is 19.7 Å². The lowest BCUT2D eigenvalue weighted by Crippen LogP contribution is -2.47. The molecule has 1 aliphatic heterocycles. The highest BCUT2D eigenvalue weighted by atomic mass is 16.3. The first kappa shape index (κ1) is 13.8. The first-order chi connectivity index (χ1) is 8.81. The monoisotopic (exact) mass is 254 g/mol. The van der Waals surface area contributed by atoms with Crippen molar-refractivity contribution in [2.24, 2.45) is 0 Å². The van der Waals surface area contributed by atoms with Crippen LogP contribution in [0.4, 0.5) is 0 Å². The number of carbonyl (C=O) groups excluding carboxylic acids is 1. The zero-order valence-corrected chi connectivity index (χ0v) is 11.2. The van der Waals surface area contributed by atoms with Gasteiger partial charge in [0.1, 0.15) is 0 Å². The van der Waals surface area contributed by atoms with Gasteiger partial charge in [-0.3, -0.25) is 4.79 Å². The molecule has 0 radical (unpaired) electrons. The molecule has 1 amide bonds. The van der Waals surface area contributed by atoms with E-state index < -0.39 is 0 Å². The van der Waals surface area contributed by atoms with E-state index >= 15 is 0 Å². The molecular formula is C14H26N2O2. The summed E-state index contributed by atoms with van der Waals surface area (Å²) in [5.74, 6) is 0.285. The molecule has 2 fully saturated rings. The average Bonchev–Trinajstić information content (AvgIpc) is 2.33. The zero-order valence-electron chi connectivity index (χ0n) is 11.2. The van der Waals surface area contributed by atoms with Crippen LogP contribution in [0.2, 0.25) is 0 Å². The van der Waals surface area contributed by atoms with Gasteiger partial charge in [0.15, 0.2) is 0 Å². The molecule has 0 bridgehead atoms. The molecule has 1 saturated carbocycles. The van der Waals surface area contributed by atoms with E-state index in [9.17, 15) is 4.79 Å². The Bertz CT molecular complexity index is 261. The van der Waals surface area contributed by atoms with E-state index in [-0.39, 0.29) is 12.5 Å². The average molecular weight is 254 g/mol. The number of hydrogen-bond donors (Lipinski definition) is 2. The van der Waals surface area contributed by atoms with Crippen LogP contribution in [0.25, 0.3) is 0 Å². The molecule has 4 heteroatoms. The molecule has 2 aliphatic rings. The minimum atomic E-state index is 0.179. The van der Waals surface area contributed by atoms with Crippen molar-refractivity contribution in [3.05, 3.63) is 0 Å². The largest absolute Gasteiger partial charge is 0.396 e. The van der Waals surface area contributed by atoms with Gasteiger partial charge in [-0.25, -0.2) is 0 Å². The SMILES string of the molecule is O=C(CC1CCCCN1)N(CCCO)C1CCC1. The molecule has 0 aromatic heterocycles. The van der Waals surface area contributed by atoms with Crippen molar-refractivity contribution in [3.63, 3.8) is 0 Å². The van der Waals surface area contributed by atoms with Crippen molar-refractivity contribution >= 4 is 5.91 Å². The number of rotatable bonds is 6. The van der Waals surface area contributed by atoms with Gasteiger partial charge >= 0.3 is 0 Å². The van der Waals surface area contributed by atoms with E-state index in [1.807, 2.05) is 4.90 Å². The Hall–Kier alpha value is -0.610. The Morgan fingerprint density at radius 3 is 2.61 bits per heavy atom. The first-order valence-electron chi connectivity index (χ1n) is 7.45. The van der Waals surface area contributed by atoms with Gasteiger partial charge in [-0.1, -0.05) is 6.42 Å². The summed E-state index contributed by atoms with van der Waals surface area (Å²) in [5.41, 5.74) is 0. The summed E-state index contributed by atoms with van der Waals surface area (Å²) in [6.07, 6.45) is 8.50. The van der Waals surface area contributed by atoms with Crippen molar-refractivity contribution in [1.82, 2.24) is 10.2 Å². The number of nitrogens with zero attached hydrogens (tertiary/aromatic N) is 1. The predicted octanol–water partition coefficient (Wildman–Crippen LogP) is 1.28. The van der Waals surface area contributed by atoms with Gasteiger partial charge in [0, 0.05) is 31.7 Å². The molecule has 0 aromatic rings. The van der Waals surface area contributed by atoms with Gasteiger partial charge in [0.05, 0.1) is 0 Å². The highest BCUT2D eigenvalue weighted by Gasteiger charge is 2.29. The number of aliphatic hydroxyl groups is 1. The molecule has 1 unspecified atom stereocenters. The van der Waals surface area contributed by atoms with Crippen LogP contribution in [0.5, 0.6) is 0 Å². The summed E-state index contributed by atoms with van der Waals surface area (Å²) >= 11 is 0. The number of hydrogen-bond acceptors (Lipinski definition) is 3. The molecule has 1 heterocycles. The first-order valence-corrected chi connectivity index (χ1v) is 7.45. The second-order valence-corrected chi connectivity index (χ2v) is 5.60. The summed E-state index contributed by atoms with van der Waals surface area (Å²) in [7, 11) is 0. The molecule has 2 N–H and O–H groups in total. The van der Waals surface area contributed by atoms with E-state index in [2.05, 4.69) is 5.32 Å². The van der Waals surface area contributed by atoms with Crippen molar-refractivity contribution in [3.8, 4) is 0 Å². The van der Waals surface area contributed by atoms with E-state index in [4.69, 9.17) is 5.11 Å². The van der Waals surface area contributed by atoms with E-state index in [0.29, 0.717) is 24.9 Å². The fraction of sp³-hybridized carbons (Fsp3) is 0.929. The van der Waals surface area contributed by atoms with Crippen LogP contribution in [-0.4, -0.2) is 47.7 Å². The number of aliphatic hydroxyl groups excluding tert-OH is 1. The minimum absolute atomic E-state index is 0.179. The van der Waals surface area contributed by atoms with Crippen molar-refractivity contribution in [2.45, 2.75) is 63.5 Å². The third-order valence-electron chi connectivity index (χ3n) is 4.23. The Balaban J connectivity index is 1.81. The smallest absolute Gasteiger partial charge is 0.224 e. The molecule has 1 saturated heterocycles. The quantitative estimate of drug-likeness (QED) is 0.751. The molecule has 2 rings (SSSR count). The van der Waals surface area contributed by atoms with E-state index in [0.717, 1.165) is 32.4 Å². The fourth-order valence-electron chi connectivity index (χ4n) is 2.88. The third-order valence-corrected chi connectivity index (χ3v) is 4.23. The van der Waals surface area contributed by atoms with Gasteiger partial charge in [-0.2, -0.15) is 0 Å². The maximum Gasteiger partial charge on any atom is 0.224 e. The van der Waals surface area contributed by atoms with Gasteiger partial charge in [-0.05, 0) is 45.1 Å². The van der Waals surface area contributed by atoms with Crippen molar-refractivity contribution in [1.29, 1.82) is 0 Å². The van der Waals surface area contributed by atoms with Crippen LogP contribution in [0.1, 0.15) is 51.4 Å². The lowest BCUT2D eigenvalue weighted by atomic mass is 9.90. The number of nitrogens with one attached hydrogen (secondary N) is 1. The van der Waals surface area contributed by atoms with Crippen LogP contribution in [0, 0.1) is 0 Å². The Kier molecular flexibility index (Phi) is 5.45. The lowest BCUT2D eigenvalue weighted by molar-refractivity contribution is -0.136. The summed E-state index contributed by atoms with van der Waals surface area (Å²) < 4.78 is 0. The predicted molar refractivity (Wildman–Crippen MR) is 71.3 cm³/mol. The highest BCUT2D eigenvalue weighted by Crippen LogP contribution is 2.26. The molecule has 0 aromatic carbocycles. The molecule has 4 nitrogen and oxygen atoms in total. The third kappa shape index (κ3) is 3.69. The van der Waals surface area contributed by atoms with Crippen LogP contribution < -0.4 is 5.32 Å². The second-order valence-electron chi connectivity index (χ2n) is 5.60. The van der Waals surface area contributed by atoms with Gasteiger partial charge < -0.3 is 15.3 Å². The molecule has 1 aliphatic carbocycles. The van der Waals surface area contributed by atoms with Crippen molar-refractivity contribution < 1.29 is 9.90 Å². The van der Waals surface area contributed by atoms with E-state index in [1.165, 1.54) is 19.3 Å².